The number of carboxylic acids is 1. The van der Waals surface area contributed by atoms with Gasteiger partial charge in [0.2, 0.25) is 0 Å². The van der Waals surface area contributed by atoms with Crippen LogP contribution in [0.2, 0.25) is 10.0 Å². The summed E-state index contributed by atoms with van der Waals surface area (Å²) < 4.78 is 0. The molecule has 1 aromatic carbocycles. The maximum Gasteiger partial charge on any atom is 0.349 e. The van der Waals surface area contributed by atoms with E-state index in [-0.39, 0.29) is 10.7 Å². The summed E-state index contributed by atoms with van der Waals surface area (Å²) in [5.41, 5.74) is 0.235. The van der Waals surface area contributed by atoms with Crippen molar-refractivity contribution < 1.29 is 14.7 Å². The molecule has 0 saturated carbocycles. The van der Waals surface area contributed by atoms with Crippen LogP contribution in [0.3, 0.4) is 0 Å². The van der Waals surface area contributed by atoms with Crippen LogP contribution < -0.4 is 5.32 Å². The molecular weight excluding hydrogens is 324 g/mol. The fraction of sp³-hybridized carbons (Fsp3) is 0. The molecule has 0 fully saturated rings. The molecule has 1 aromatic rings. The van der Waals surface area contributed by atoms with E-state index >= 15 is 0 Å². The van der Waals surface area contributed by atoms with Gasteiger partial charge in [-0.1, -0.05) is 46.4 Å². The average Bonchev–Trinajstić information content (AvgIpc) is 2.30. The highest BCUT2D eigenvalue weighted by atomic mass is 35.5. The molecule has 0 unspecified atom stereocenters. The first kappa shape index (κ1) is 15.1. The molecule has 0 aromatic heterocycles. The Labute approximate surface area is 122 Å². The molecule has 0 spiro atoms. The summed E-state index contributed by atoms with van der Waals surface area (Å²) in [6, 6.07) is 4.36. The maximum atomic E-state index is 11.6. The summed E-state index contributed by atoms with van der Waals surface area (Å²) in [5, 5.41) is 10.0. The Bertz CT molecular complexity index is 542. The highest BCUT2D eigenvalue weighted by molar-refractivity contribution is 6.54. The van der Waals surface area contributed by atoms with E-state index in [1.54, 1.807) is 0 Å². The number of carbonyl (C=O) groups excluding carboxylic acids is 1. The Hall–Kier alpha value is -0.940. The Morgan fingerprint density at radius 2 is 1.72 bits per heavy atom. The second-order valence-electron chi connectivity index (χ2n) is 3.01. The fourth-order valence-corrected chi connectivity index (χ4v) is 1.63. The zero-order valence-electron chi connectivity index (χ0n) is 8.51. The predicted octanol–water partition coefficient (Wildman–Crippen LogP) is 3.71. The van der Waals surface area contributed by atoms with Gasteiger partial charge in [-0.2, -0.15) is 0 Å². The van der Waals surface area contributed by atoms with Crippen molar-refractivity contribution in [2.24, 2.45) is 0 Å². The largest absolute Gasteiger partial charge is 0.477 e. The van der Waals surface area contributed by atoms with Gasteiger partial charge in [0.05, 0.1) is 10.7 Å². The number of hydrogen-bond donors (Lipinski definition) is 2. The molecule has 1 amide bonds. The molecule has 18 heavy (non-hydrogen) atoms. The van der Waals surface area contributed by atoms with Crippen molar-refractivity contribution in [1.82, 2.24) is 0 Å². The van der Waals surface area contributed by atoms with Gasteiger partial charge >= 0.3 is 5.97 Å². The Morgan fingerprint density at radius 1 is 1.11 bits per heavy atom. The van der Waals surface area contributed by atoms with E-state index < -0.39 is 21.9 Å². The number of carbonyl (C=O) groups is 2. The number of anilines is 1. The third-order valence-electron chi connectivity index (χ3n) is 1.76. The van der Waals surface area contributed by atoms with E-state index in [4.69, 9.17) is 51.5 Å². The highest BCUT2D eigenvalue weighted by Gasteiger charge is 2.18. The van der Waals surface area contributed by atoms with Gasteiger partial charge in [0.15, 0.2) is 0 Å². The molecule has 2 N–H and O–H groups in total. The molecule has 4 nitrogen and oxygen atoms in total. The van der Waals surface area contributed by atoms with E-state index in [1.165, 1.54) is 18.2 Å². The van der Waals surface area contributed by atoms with Crippen LogP contribution >= 0.6 is 46.4 Å². The number of nitrogens with one attached hydrogen (secondary N) is 1. The number of rotatable bonds is 3. The zero-order valence-corrected chi connectivity index (χ0v) is 11.5. The monoisotopic (exact) mass is 327 g/mol. The lowest BCUT2D eigenvalue weighted by molar-refractivity contribution is -0.132. The lowest BCUT2D eigenvalue weighted by atomic mass is 10.3. The van der Waals surface area contributed by atoms with Gasteiger partial charge in [0, 0.05) is 5.02 Å². The summed E-state index contributed by atoms with van der Waals surface area (Å²) in [7, 11) is 0. The maximum absolute atomic E-state index is 11.6. The first-order valence-corrected chi connectivity index (χ1v) is 5.89. The molecule has 0 atom stereocenters. The lowest BCUT2D eigenvalue weighted by Crippen LogP contribution is -2.14. The van der Waals surface area contributed by atoms with E-state index in [9.17, 15) is 9.59 Å². The predicted molar refractivity (Wildman–Crippen MR) is 71.5 cm³/mol. The summed E-state index contributed by atoms with van der Waals surface area (Å²) >= 11 is 22.3. The van der Waals surface area contributed by atoms with Gasteiger partial charge in [0.1, 0.15) is 10.1 Å². The first-order valence-electron chi connectivity index (χ1n) is 4.38. The van der Waals surface area contributed by atoms with Crippen molar-refractivity contribution in [1.29, 1.82) is 0 Å². The molecule has 0 bridgehead atoms. The fourth-order valence-electron chi connectivity index (χ4n) is 0.962. The van der Waals surface area contributed by atoms with Crippen LogP contribution in [0.1, 0.15) is 0 Å². The second kappa shape index (κ2) is 6.29. The number of hydrogen-bond acceptors (Lipinski definition) is 2. The smallest absolute Gasteiger partial charge is 0.349 e. The van der Waals surface area contributed by atoms with Crippen molar-refractivity contribution in [3.63, 3.8) is 0 Å². The van der Waals surface area contributed by atoms with Crippen LogP contribution in [0.15, 0.2) is 28.3 Å². The minimum absolute atomic E-state index is 0.187. The molecule has 1 rings (SSSR count). The summed E-state index contributed by atoms with van der Waals surface area (Å²) in [4.78, 5) is 22.1. The summed E-state index contributed by atoms with van der Waals surface area (Å²) in [5.74, 6) is -2.38. The molecule has 0 heterocycles. The molecular formula is C10H5Cl4NO3. The van der Waals surface area contributed by atoms with Gasteiger partial charge in [-0.25, -0.2) is 4.79 Å². The quantitative estimate of drug-likeness (QED) is 0.831. The van der Waals surface area contributed by atoms with Crippen LogP contribution in [-0.2, 0) is 9.59 Å². The van der Waals surface area contributed by atoms with Gasteiger partial charge in [-0.05, 0) is 18.2 Å². The van der Waals surface area contributed by atoms with Gasteiger partial charge in [-0.3, -0.25) is 4.79 Å². The van der Waals surface area contributed by atoms with Crippen molar-refractivity contribution >= 4 is 64.0 Å². The van der Waals surface area contributed by atoms with Gasteiger partial charge in [-0.15, -0.1) is 0 Å². The minimum atomic E-state index is -1.50. The first-order chi connectivity index (χ1) is 8.32. The van der Waals surface area contributed by atoms with Crippen LogP contribution in [0.5, 0.6) is 0 Å². The number of halogens is 4. The van der Waals surface area contributed by atoms with Crippen molar-refractivity contribution in [2.45, 2.75) is 0 Å². The molecule has 0 saturated heterocycles. The molecule has 0 aliphatic heterocycles. The summed E-state index contributed by atoms with van der Waals surface area (Å²) in [6.07, 6.45) is 0. The number of aliphatic carboxylic acids is 1. The highest BCUT2D eigenvalue weighted by Crippen LogP contribution is 2.26. The Morgan fingerprint density at radius 3 is 2.22 bits per heavy atom. The molecule has 0 aliphatic rings. The second-order valence-corrected chi connectivity index (χ2v) is 4.61. The number of benzene rings is 1. The van der Waals surface area contributed by atoms with Crippen LogP contribution in [0.25, 0.3) is 0 Å². The normalized spacial score (nSPS) is 11.8. The van der Waals surface area contributed by atoms with E-state index in [1.807, 2.05) is 0 Å². The molecule has 8 heteroatoms. The molecule has 96 valence electrons. The zero-order chi connectivity index (χ0) is 13.9. The van der Waals surface area contributed by atoms with Crippen molar-refractivity contribution in [2.75, 3.05) is 5.32 Å². The van der Waals surface area contributed by atoms with Crippen molar-refractivity contribution in [3.8, 4) is 0 Å². The van der Waals surface area contributed by atoms with E-state index in [2.05, 4.69) is 5.32 Å². The average molecular weight is 329 g/mol. The minimum Gasteiger partial charge on any atom is -0.477 e. The third kappa shape index (κ3) is 3.78. The summed E-state index contributed by atoms with van der Waals surface area (Å²) in [6.45, 7) is 0. The van der Waals surface area contributed by atoms with Crippen LogP contribution in [0.4, 0.5) is 5.69 Å². The molecule has 0 radical (unpaired) electrons. The third-order valence-corrected chi connectivity index (χ3v) is 3.11. The van der Waals surface area contributed by atoms with Crippen LogP contribution in [-0.4, -0.2) is 17.0 Å². The molecule has 0 aliphatic carbocycles. The van der Waals surface area contributed by atoms with E-state index in [0.29, 0.717) is 5.02 Å². The number of carboxylic acid groups (broad SMARTS) is 1. The SMILES string of the molecule is O=C(O)/C(Cl)=C(/Cl)C(=O)Nc1ccc(Cl)cc1Cl. The standard InChI is InChI=1S/C10H5Cl4NO3/c11-4-1-2-6(5(12)3-4)15-9(16)7(13)8(14)10(17)18/h1-3H,(H,15,16)(H,17,18)/b8-7-. The van der Waals surface area contributed by atoms with Crippen molar-refractivity contribution in [3.05, 3.63) is 38.3 Å². The Kier molecular flexibility index (Phi) is 5.28. The van der Waals surface area contributed by atoms with Gasteiger partial charge in [0.25, 0.3) is 5.91 Å². The lowest BCUT2D eigenvalue weighted by Gasteiger charge is -2.07. The van der Waals surface area contributed by atoms with Crippen LogP contribution in [0, 0.1) is 0 Å². The Balaban J connectivity index is 2.95. The van der Waals surface area contributed by atoms with E-state index in [0.717, 1.165) is 0 Å². The topological polar surface area (TPSA) is 66.4 Å². The number of amides is 1. The van der Waals surface area contributed by atoms with Gasteiger partial charge < -0.3 is 10.4 Å².